The highest BCUT2D eigenvalue weighted by atomic mass is 35.5. The van der Waals surface area contributed by atoms with Gasteiger partial charge >= 0.3 is 17.4 Å². The largest absolute Gasteiger partial charge is 1.00 e. The summed E-state index contributed by atoms with van der Waals surface area (Å²) in [5.74, 6) is 0.690. The van der Waals surface area contributed by atoms with Crippen molar-refractivity contribution in [1.29, 1.82) is 0 Å². The van der Waals surface area contributed by atoms with Crippen LogP contribution in [0.3, 0.4) is 0 Å². The van der Waals surface area contributed by atoms with Crippen molar-refractivity contribution in [2.75, 3.05) is 68.6 Å². The minimum absolute atomic E-state index is 0. The van der Waals surface area contributed by atoms with Gasteiger partial charge in [-0.05, 0) is 31.9 Å². The number of unbranched alkanes of at least 4 members (excludes halogenated alkanes) is 15. The summed E-state index contributed by atoms with van der Waals surface area (Å²) in [4.78, 5) is 0. The van der Waals surface area contributed by atoms with Crippen LogP contribution in [0.4, 0.5) is 0 Å². The maximum Gasteiger partial charge on any atom is 0.500 e. The second-order valence-corrected chi connectivity index (χ2v) is 19.5. The van der Waals surface area contributed by atoms with Crippen LogP contribution in [0, 0.1) is 0 Å². The second kappa shape index (κ2) is 31.7. The average molecular weight is 679 g/mol. The van der Waals surface area contributed by atoms with Gasteiger partial charge in [0.15, 0.2) is 0 Å². The molecule has 258 valence electrons. The molecule has 0 N–H and O–H groups in total. The normalized spacial score (nSPS) is 12.1. The smallest absolute Gasteiger partial charge is 0.500 e. The first-order valence-electron chi connectivity index (χ1n) is 16.8. The number of nitrogens with zero attached hydrogens (tertiary/aromatic N) is 1. The Hall–Kier alpha value is 0.774. The van der Waals surface area contributed by atoms with Gasteiger partial charge in [0.1, 0.15) is 0 Å². The van der Waals surface area contributed by atoms with Gasteiger partial charge < -0.3 is 39.0 Å². The van der Waals surface area contributed by atoms with Gasteiger partial charge in [0, 0.05) is 53.9 Å². The fourth-order valence-electron chi connectivity index (χ4n) is 5.15. The predicted octanol–water partition coefficient (Wildman–Crippen LogP) is 6.58. The third-order valence-corrected chi connectivity index (χ3v) is 14.5. The molecule has 6 nitrogen and oxygen atoms in total. The van der Waals surface area contributed by atoms with E-state index in [0.717, 1.165) is 36.0 Å². The van der Waals surface area contributed by atoms with Gasteiger partial charge in [-0.3, -0.25) is 0 Å². The van der Waals surface area contributed by atoms with Gasteiger partial charge in [0.25, 0.3) is 0 Å². The first kappa shape index (κ1) is 47.2. The number of halogens is 2. The van der Waals surface area contributed by atoms with E-state index in [4.69, 9.17) is 33.7 Å². The van der Waals surface area contributed by atoms with Gasteiger partial charge in [0.2, 0.25) is 0 Å². The zero-order chi connectivity index (χ0) is 31.3. The molecule has 0 aliphatic heterocycles. The number of hydrogen-bond acceptors (Lipinski definition) is 5. The van der Waals surface area contributed by atoms with E-state index in [2.05, 4.69) is 21.0 Å². The lowest BCUT2D eigenvalue weighted by Gasteiger charge is -2.31. The lowest BCUT2D eigenvalue weighted by molar-refractivity contribution is -0.890. The number of hydrogen-bond donors (Lipinski definition) is 0. The Labute approximate surface area is 276 Å². The van der Waals surface area contributed by atoms with E-state index >= 15 is 0 Å². The Morgan fingerprint density at radius 1 is 0.500 bits per heavy atom. The van der Waals surface area contributed by atoms with Crippen LogP contribution in [-0.2, 0) is 22.1 Å². The molecule has 0 spiro atoms. The van der Waals surface area contributed by atoms with Crippen molar-refractivity contribution >= 4 is 29.0 Å². The fraction of sp³-hybridized carbons (Fsp3) is 1.00. The molecule has 0 aliphatic rings. The van der Waals surface area contributed by atoms with Crippen LogP contribution in [0.2, 0.25) is 18.6 Å². The van der Waals surface area contributed by atoms with Crippen LogP contribution in [-0.4, -0.2) is 90.5 Å². The Balaban J connectivity index is -0.00000117. The van der Waals surface area contributed by atoms with Gasteiger partial charge in [-0.15, -0.1) is 11.6 Å². The molecule has 0 aromatic rings. The number of rotatable bonds is 29. The summed E-state index contributed by atoms with van der Waals surface area (Å²) in [6.07, 6.45) is 25.0. The van der Waals surface area contributed by atoms with Crippen molar-refractivity contribution in [3.8, 4) is 0 Å². The zero-order valence-corrected chi connectivity index (χ0v) is 33.0. The summed E-state index contributed by atoms with van der Waals surface area (Å²) < 4.78 is 28.2. The fourth-order valence-corrected chi connectivity index (χ4v) is 8.61. The zero-order valence-electron chi connectivity index (χ0n) is 29.5. The SMILES string of the molecule is CCCCCCCCCCCCCCCCCC[N+](C)(C)CCC[Si](OC)(OC)OC.CO[Si](C)(CCCCl)OC.[Cl-]. The summed E-state index contributed by atoms with van der Waals surface area (Å²) in [5.41, 5.74) is 0. The molecule has 0 saturated carbocycles. The first-order chi connectivity index (χ1) is 19.6. The lowest BCUT2D eigenvalue weighted by Crippen LogP contribution is -3.00. The predicted molar refractivity (Wildman–Crippen MR) is 183 cm³/mol. The first-order valence-corrected chi connectivity index (χ1v) is 21.8. The molecule has 0 rings (SSSR count). The van der Waals surface area contributed by atoms with Crippen molar-refractivity contribution < 1.29 is 39.0 Å². The molecule has 0 aliphatic carbocycles. The van der Waals surface area contributed by atoms with Gasteiger partial charge in [-0.1, -0.05) is 96.8 Å². The van der Waals surface area contributed by atoms with Gasteiger partial charge in [-0.25, -0.2) is 0 Å². The molecule has 0 heterocycles. The van der Waals surface area contributed by atoms with Crippen molar-refractivity contribution in [1.82, 2.24) is 0 Å². The highest BCUT2D eigenvalue weighted by Gasteiger charge is 2.37. The van der Waals surface area contributed by atoms with Crippen LogP contribution in [0.25, 0.3) is 0 Å². The molecule has 0 aromatic carbocycles. The molecular weight excluding hydrogens is 605 g/mol. The maximum absolute atomic E-state index is 5.53. The molecule has 10 heteroatoms. The third kappa shape index (κ3) is 28.3. The average Bonchev–Trinajstić information content (AvgIpc) is 2.98. The van der Waals surface area contributed by atoms with Crippen LogP contribution in [0.15, 0.2) is 0 Å². The molecule has 0 amide bonds. The summed E-state index contributed by atoms with van der Waals surface area (Å²) >= 11 is 5.53. The molecule has 42 heavy (non-hydrogen) atoms. The second-order valence-electron chi connectivity index (χ2n) is 12.4. The molecular formula is C32H73Cl2NO5Si2. The van der Waals surface area contributed by atoms with Gasteiger partial charge in [0.05, 0.1) is 27.2 Å². The lowest BCUT2D eigenvalue weighted by atomic mass is 10.0. The van der Waals surface area contributed by atoms with E-state index in [0.29, 0.717) is 5.88 Å². The molecule has 0 radical (unpaired) electrons. The van der Waals surface area contributed by atoms with E-state index in [1.165, 1.54) is 109 Å². The molecule has 0 atom stereocenters. The van der Waals surface area contributed by atoms with Gasteiger partial charge in [-0.2, -0.15) is 0 Å². The quantitative estimate of drug-likeness (QED) is 0.0388. The number of alkyl halides is 1. The third-order valence-electron chi connectivity index (χ3n) is 8.42. The Kier molecular flexibility index (Phi) is 35.7. The molecule has 0 unspecified atom stereocenters. The molecule has 0 aromatic heterocycles. The minimum atomic E-state index is -2.40. The maximum atomic E-state index is 5.53. The van der Waals surface area contributed by atoms with Crippen LogP contribution in [0.5, 0.6) is 0 Å². The van der Waals surface area contributed by atoms with Crippen molar-refractivity contribution in [3.05, 3.63) is 0 Å². The summed E-state index contributed by atoms with van der Waals surface area (Å²) in [6, 6.07) is 1.88. The molecule has 0 saturated heterocycles. The van der Waals surface area contributed by atoms with Crippen molar-refractivity contribution in [2.24, 2.45) is 0 Å². The highest BCUT2D eigenvalue weighted by Crippen LogP contribution is 2.18. The summed E-state index contributed by atoms with van der Waals surface area (Å²) in [6.45, 7) is 6.76. The van der Waals surface area contributed by atoms with E-state index < -0.39 is 17.4 Å². The van der Waals surface area contributed by atoms with Crippen LogP contribution >= 0.6 is 11.6 Å². The Bertz CT molecular complexity index is 535. The van der Waals surface area contributed by atoms with E-state index in [9.17, 15) is 0 Å². The topological polar surface area (TPSA) is 46.2 Å². The summed E-state index contributed by atoms with van der Waals surface area (Å²) in [7, 11) is 9.00. The highest BCUT2D eigenvalue weighted by molar-refractivity contribution is 6.66. The van der Waals surface area contributed by atoms with E-state index in [1.807, 2.05) is 6.55 Å². The van der Waals surface area contributed by atoms with E-state index in [-0.39, 0.29) is 12.4 Å². The Morgan fingerprint density at radius 3 is 1.19 bits per heavy atom. The molecule has 0 fully saturated rings. The molecule has 0 bridgehead atoms. The van der Waals surface area contributed by atoms with Crippen molar-refractivity contribution in [2.45, 2.75) is 141 Å². The summed E-state index contributed by atoms with van der Waals surface area (Å²) in [5, 5.41) is 0. The monoisotopic (exact) mass is 677 g/mol. The Morgan fingerprint density at radius 2 is 0.857 bits per heavy atom. The van der Waals surface area contributed by atoms with Crippen LogP contribution in [0.1, 0.15) is 122 Å². The minimum Gasteiger partial charge on any atom is -1.00 e. The van der Waals surface area contributed by atoms with Crippen molar-refractivity contribution in [3.63, 3.8) is 0 Å². The van der Waals surface area contributed by atoms with Crippen LogP contribution < -0.4 is 12.4 Å². The standard InChI is InChI=1S/C26H58NO3Si.C6H15ClO2Si.ClH/c1-7-8-9-10-11-12-13-14-15-16-17-18-19-20-21-22-24-27(2,3)25-23-26-31(28-4,29-5)30-6;1-8-10(3,9-2)6-4-5-7;/h7-26H2,1-6H3;4-6H2,1-3H3;1H/q+1;;/p-1. The number of quaternary nitrogens is 1. The van der Waals surface area contributed by atoms with E-state index in [1.54, 1.807) is 35.5 Å².